The van der Waals surface area contributed by atoms with E-state index >= 15 is 0 Å². The molecule has 1 atom stereocenters. The summed E-state index contributed by atoms with van der Waals surface area (Å²) in [6.45, 7) is 5.00. The minimum absolute atomic E-state index is 0.000671. The number of amides is 1. The van der Waals surface area contributed by atoms with E-state index in [9.17, 15) is 4.79 Å². The predicted molar refractivity (Wildman–Crippen MR) is 72.0 cm³/mol. The zero-order valence-electron chi connectivity index (χ0n) is 11.0. The number of nitrogens with two attached hydrogens (primary N) is 1. The summed E-state index contributed by atoms with van der Waals surface area (Å²) in [7, 11) is 0. The molecule has 100 valence electrons. The SMILES string of the molecule is CC(C)CC(CN)C(=O)NCc1ccc(O)cc1. The minimum Gasteiger partial charge on any atom is -0.508 e. The smallest absolute Gasteiger partial charge is 0.224 e. The van der Waals surface area contributed by atoms with Gasteiger partial charge >= 0.3 is 0 Å². The fraction of sp³-hybridized carbons (Fsp3) is 0.500. The van der Waals surface area contributed by atoms with Gasteiger partial charge in [0.15, 0.2) is 0 Å². The van der Waals surface area contributed by atoms with E-state index in [-0.39, 0.29) is 17.6 Å². The average Bonchev–Trinajstić information content (AvgIpc) is 2.34. The summed E-state index contributed by atoms with van der Waals surface area (Å²) in [5.41, 5.74) is 6.58. The third-order valence-corrected chi connectivity index (χ3v) is 2.81. The number of rotatable bonds is 6. The van der Waals surface area contributed by atoms with Gasteiger partial charge in [0.05, 0.1) is 5.92 Å². The van der Waals surface area contributed by atoms with E-state index in [1.54, 1.807) is 24.3 Å². The van der Waals surface area contributed by atoms with E-state index in [0.29, 0.717) is 19.0 Å². The molecule has 0 fully saturated rings. The van der Waals surface area contributed by atoms with Gasteiger partial charge in [-0.3, -0.25) is 4.79 Å². The molecule has 0 saturated heterocycles. The molecule has 0 radical (unpaired) electrons. The van der Waals surface area contributed by atoms with Crippen molar-refractivity contribution >= 4 is 5.91 Å². The van der Waals surface area contributed by atoms with Gasteiger partial charge in [-0.05, 0) is 30.0 Å². The van der Waals surface area contributed by atoms with Crippen molar-refractivity contribution in [3.8, 4) is 5.75 Å². The Hall–Kier alpha value is -1.55. The topological polar surface area (TPSA) is 75.4 Å². The number of aromatic hydroxyl groups is 1. The predicted octanol–water partition coefficient (Wildman–Crippen LogP) is 1.63. The molecule has 0 aliphatic carbocycles. The Morgan fingerprint density at radius 1 is 1.33 bits per heavy atom. The molecule has 4 N–H and O–H groups in total. The molecule has 4 heteroatoms. The molecule has 0 bridgehead atoms. The summed E-state index contributed by atoms with van der Waals surface area (Å²) in [5.74, 6) is 0.559. The van der Waals surface area contributed by atoms with Crippen LogP contribution in [0.5, 0.6) is 5.75 Å². The highest BCUT2D eigenvalue weighted by Gasteiger charge is 2.17. The quantitative estimate of drug-likeness (QED) is 0.718. The largest absolute Gasteiger partial charge is 0.508 e. The molecule has 0 heterocycles. The van der Waals surface area contributed by atoms with E-state index in [4.69, 9.17) is 10.8 Å². The lowest BCUT2D eigenvalue weighted by Crippen LogP contribution is -2.35. The number of hydrogen-bond donors (Lipinski definition) is 3. The molecule has 1 amide bonds. The van der Waals surface area contributed by atoms with Gasteiger partial charge in [0.1, 0.15) is 5.75 Å². The first-order chi connectivity index (χ1) is 8.52. The van der Waals surface area contributed by atoms with Crippen LogP contribution in [0.1, 0.15) is 25.8 Å². The average molecular weight is 250 g/mol. The van der Waals surface area contributed by atoms with Crippen molar-refractivity contribution in [3.05, 3.63) is 29.8 Å². The van der Waals surface area contributed by atoms with E-state index in [2.05, 4.69) is 19.2 Å². The Morgan fingerprint density at radius 2 is 1.94 bits per heavy atom. The van der Waals surface area contributed by atoms with E-state index < -0.39 is 0 Å². The Kier molecular flexibility index (Phi) is 5.65. The van der Waals surface area contributed by atoms with Gasteiger partial charge in [0.2, 0.25) is 5.91 Å². The van der Waals surface area contributed by atoms with Crippen LogP contribution in [-0.2, 0) is 11.3 Å². The number of hydrogen-bond acceptors (Lipinski definition) is 3. The Bertz CT molecular complexity index is 374. The first-order valence-corrected chi connectivity index (χ1v) is 6.28. The summed E-state index contributed by atoms with van der Waals surface area (Å²) >= 11 is 0. The van der Waals surface area contributed by atoms with Crippen molar-refractivity contribution in [2.75, 3.05) is 6.54 Å². The molecule has 0 aliphatic rings. The second kappa shape index (κ2) is 7.01. The standard InChI is InChI=1S/C14H22N2O2/c1-10(2)7-12(8-15)14(18)16-9-11-3-5-13(17)6-4-11/h3-6,10,12,17H,7-9,15H2,1-2H3,(H,16,18). The van der Waals surface area contributed by atoms with E-state index in [1.807, 2.05) is 0 Å². The third kappa shape index (κ3) is 4.75. The summed E-state index contributed by atoms with van der Waals surface area (Å²) in [6, 6.07) is 6.79. The summed E-state index contributed by atoms with van der Waals surface area (Å²) in [5, 5.41) is 12.0. The highest BCUT2D eigenvalue weighted by atomic mass is 16.3. The second-order valence-corrected chi connectivity index (χ2v) is 4.95. The van der Waals surface area contributed by atoms with Crippen LogP contribution < -0.4 is 11.1 Å². The van der Waals surface area contributed by atoms with Gasteiger partial charge in [-0.2, -0.15) is 0 Å². The maximum atomic E-state index is 11.9. The van der Waals surface area contributed by atoms with Crippen LogP contribution >= 0.6 is 0 Å². The molecule has 1 rings (SSSR count). The highest BCUT2D eigenvalue weighted by molar-refractivity contribution is 5.78. The maximum absolute atomic E-state index is 11.9. The number of benzene rings is 1. The number of phenolic OH excluding ortho intramolecular Hbond substituents is 1. The van der Waals surface area contributed by atoms with E-state index in [1.165, 1.54) is 0 Å². The summed E-state index contributed by atoms with van der Waals surface area (Å²) < 4.78 is 0. The number of carbonyl (C=O) groups excluding carboxylic acids is 1. The molecule has 0 saturated carbocycles. The van der Waals surface area contributed by atoms with Gasteiger partial charge in [-0.25, -0.2) is 0 Å². The molecule has 18 heavy (non-hydrogen) atoms. The zero-order valence-corrected chi connectivity index (χ0v) is 11.0. The van der Waals surface area contributed by atoms with Crippen LogP contribution in [-0.4, -0.2) is 17.6 Å². The monoisotopic (exact) mass is 250 g/mol. The van der Waals surface area contributed by atoms with Gasteiger partial charge in [0, 0.05) is 13.1 Å². The van der Waals surface area contributed by atoms with E-state index in [0.717, 1.165) is 12.0 Å². The van der Waals surface area contributed by atoms with Crippen molar-refractivity contribution in [2.45, 2.75) is 26.8 Å². The van der Waals surface area contributed by atoms with Crippen LogP contribution in [0.15, 0.2) is 24.3 Å². The van der Waals surface area contributed by atoms with Crippen LogP contribution in [0.25, 0.3) is 0 Å². The maximum Gasteiger partial charge on any atom is 0.224 e. The summed E-state index contributed by atoms with van der Waals surface area (Å²) in [6.07, 6.45) is 0.803. The molecule has 1 unspecified atom stereocenters. The lowest BCUT2D eigenvalue weighted by atomic mass is 9.96. The fourth-order valence-corrected chi connectivity index (χ4v) is 1.83. The van der Waals surface area contributed by atoms with Gasteiger partial charge in [0.25, 0.3) is 0 Å². The molecule has 4 nitrogen and oxygen atoms in total. The molecule has 0 aliphatic heterocycles. The Labute approximate surface area is 108 Å². The number of carbonyl (C=O) groups is 1. The van der Waals surface area contributed by atoms with Crippen LogP contribution in [0, 0.1) is 11.8 Å². The molecule has 0 aromatic heterocycles. The van der Waals surface area contributed by atoms with Crippen molar-refractivity contribution in [1.82, 2.24) is 5.32 Å². The van der Waals surface area contributed by atoms with Gasteiger partial charge in [-0.1, -0.05) is 26.0 Å². The van der Waals surface area contributed by atoms with Gasteiger partial charge in [-0.15, -0.1) is 0 Å². The molecular weight excluding hydrogens is 228 g/mol. The normalized spacial score (nSPS) is 12.4. The van der Waals surface area contributed by atoms with Crippen LogP contribution in [0.3, 0.4) is 0 Å². The second-order valence-electron chi connectivity index (χ2n) is 4.95. The first-order valence-electron chi connectivity index (χ1n) is 6.28. The van der Waals surface area contributed by atoms with Crippen LogP contribution in [0.2, 0.25) is 0 Å². The number of nitrogens with one attached hydrogen (secondary N) is 1. The zero-order chi connectivity index (χ0) is 13.5. The van der Waals surface area contributed by atoms with Crippen LogP contribution in [0.4, 0.5) is 0 Å². The first kappa shape index (κ1) is 14.5. The van der Waals surface area contributed by atoms with Crippen molar-refractivity contribution < 1.29 is 9.90 Å². The molecule has 0 spiro atoms. The van der Waals surface area contributed by atoms with Gasteiger partial charge < -0.3 is 16.2 Å². The molecule has 1 aromatic rings. The minimum atomic E-state index is -0.123. The third-order valence-electron chi connectivity index (χ3n) is 2.81. The lowest BCUT2D eigenvalue weighted by molar-refractivity contribution is -0.125. The Morgan fingerprint density at radius 3 is 2.44 bits per heavy atom. The molecule has 1 aromatic carbocycles. The van der Waals surface area contributed by atoms with Crippen molar-refractivity contribution in [2.24, 2.45) is 17.6 Å². The highest BCUT2D eigenvalue weighted by Crippen LogP contribution is 2.12. The lowest BCUT2D eigenvalue weighted by Gasteiger charge is -2.16. The number of phenols is 1. The fourth-order valence-electron chi connectivity index (χ4n) is 1.83. The molecular formula is C14H22N2O2. The summed E-state index contributed by atoms with van der Waals surface area (Å²) in [4.78, 5) is 11.9. The van der Waals surface area contributed by atoms with Crippen molar-refractivity contribution in [1.29, 1.82) is 0 Å². The van der Waals surface area contributed by atoms with Crippen molar-refractivity contribution in [3.63, 3.8) is 0 Å². The Balaban J connectivity index is 2.46.